The second-order valence-corrected chi connectivity index (χ2v) is 11.5. The van der Waals surface area contributed by atoms with Crippen LogP contribution < -0.4 is 19.9 Å². The molecule has 0 radical (unpaired) electrons. The Kier molecular flexibility index (Phi) is 6.89. The van der Waals surface area contributed by atoms with Crippen molar-refractivity contribution in [1.82, 2.24) is 20.2 Å². The minimum atomic E-state index is -0.854. The molecule has 6 rings (SSSR count). The first-order valence-corrected chi connectivity index (χ1v) is 14.0. The van der Waals surface area contributed by atoms with Crippen molar-refractivity contribution in [2.45, 2.75) is 62.2 Å². The Bertz CT molecular complexity index is 1300. The highest BCUT2D eigenvalue weighted by Gasteiger charge is 2.50. The maximum atomic E-state index is 14.2. The highest BCUT2D eigenvalue weighted by atomic mass is 19.1. The number of hydrogen-bond acceptors (Lipinski definition) is 8. The highest BCUT2D eigenvalue weighted by Crippen LogP contribution is 2.48. The van der Waals surface area contributed by atoms with E-state index in [1.165, 1.54) is 5.56 Å². The Morgan fingerprint density at radius 1 is 1.26 bits per heavy atom. The first-order chi connectivity index (χ1) is 18.9. The van der Waals surface area contributed by atoms with Gasteiger partial charge in [-0.2, -0.15) is 15.2 Å². The van der Waals surface area contributed by atoms with Crippen LogP contribution in [-0.4, -0.2) is 85.9 Å². The Morgan fingerprint density at radius 2 is 2.10 bits per heavy atom. The number of hydrogen-bond donors (Lipinski definition) is 1. The average molecular weight is 534 g/mol. The predicted octanol–water partition coefficient (Wildman–Crippen LogP) is 2.38. The number of nitrogens with one attached hydrogen (secondary N) is 1. The Labute approximate surface area is 229 Å². The van der Waals surface area contributed by atoms with Crippen LogP contribution in [0.25, 0.3) is 0 Å². The summed E-state index contributed by atoms with van der Waals surface area (Å²) in [5, 5.41) is 12.7. The van der Waals surface area contributed by atoms with Crippen LogP contribution in [0.4, 0.5) is 15.9 Å². The summed E-state index contributed by atoms with van der Waals surface area (Å²) in [6.45, 7) is 2.70. The van der Waals surface area contributed by atoms with E-state index in [1.54, 1.807) is 4.90 Å². The molecule has 0 bridgehead atoms. The number of rotatable bonds is 5. The molecule has 2 fully saturated rings. The summed E-state index contributed by atoms with van der Waals surface area (Å²) in [5.74, 6) is 0.739. The molecule has 39 heavy (non-hydrogen) atoms. The van der Waals surface area contributed by atoms with E-state index in [1.807, 2.05) is 31.1 Å². The second-order valence-electron chi connectivity index (χ2n) is 11.5. The predicted molar refractivity (Wildman–Crippen MR) is 146 cm³/mol. The molecule has 2 saturated heterocycles. The van der Waals surface area contributed by atoms with Crippen molar-refractivity contribution in [2.24, 2.45) is 0 Å². The first-order valence-electron chi connectivity index (χ1n) is 14.0. The number of aryl methyl sites for hydroxylation is 1. The zero-order valence-corrected chi connectivity index (χ0v) is 22.7. The van der Waals surface area contributed by atoms with Crippen LogP contribution in [0.1, 0.15) is 42.5 Å². The average Bonchev–Trinajstić information content (AvgIpc) is 3.27. The van der Waals surface area contributed by atoms with Crippen molar-refractivity contribution in [1.29, 1.82) is 5.26 Å². The number of nitrogens with zero attached hydrogens (tertiary/aromatic N) is 6. The second kappa shape index (κ2) is 10.4. The number of aromatic nitrogens is 2. The van der Waals surface area contributed by atoms with E-state index >= 15 is 0 Å². The number of nitriles is 1. The summed E-state index contributed by atoms with van der Waals surface area (Å²) >= 11 is 0. The molecule has 1 aromatic heterocycles. The maximum Gasteiger partial charge on any atom is 0.318 e. The lowest BCUT2D eigenvalue weighted by Crippen LogP contribution is -2.54. The van der Waals surface area contributed by atoms with Crippen molar-refractivity contribution in [3.8, 4) is 12.1 Å². The van der Waals surface area contributed by atoms with Gasteiger partial charge in [-0.1, -0.05) is 24.3 Å². The fourth-order valence-corrected chi connectivity index (χ4v) is 6.97. The quantitative estimate of drug-likeness (QED) is 0.626. The van der Waals surface area contributed by atoms with Crippen LogP contribution in [0, 0.1) is 11.3 Å². The molecule has 1 aromatic carbocycles. The van der Waals surface area contributed by atoms with Crippen LogP contribution in [0.2, 0.25) is 0 Å². The van der Waals surface area contributed by atoms with Gasteiger partial charge in [0.25, 0.3) is 0 Å². The minimum absolute atomic E-state index is 0.00789. The third kappa shape index (κ3) is 4.61. The van der Waals surface area contributed by atoms with Gasteiger partial charge >= 0.3 is 6.01 Å². The number of fused-ring (bicyclic) bond motifs is 3. The molecule has 206 valence electrons. The Morgan fingerprint density at radius 3 is 2.90 bits per heavy atom. The molecule has 4 atom stereocenters. The number of ether oxygens (including phenoxy) is 1. The third-order valence-electron chi connectivity index (χ3n) is 8.95. The van der Waals surface area contributed by atoms with Crippen molar-refractivity contribution in [2.75, 3.05) is 56.7 Å². The monoisotopic (exact) mass is 533 g/mol. The number of benzene rings is 1. The van der Waals surface area contributed by atoms with Crippen LogP contribution >= 0.6 is 0 Å². The first kappa shape index (κ1) is 26.0. The lowest BCUT2D eigenvalue weighted by atomic mass is 9.65. The summed E-state index contributed by atoms with van der Waals surface area (Å²) in [7, 11) is 3.74. The summed E-state index contributed by atoms with van der Waals surface area (Å²) in [6.07, 6.45) is 3.13. The van der Waals surface area contributed by atoms with E-state index in [2.05, 4.69) is 28.4 Å². The SMILES string of the molecule is CN1C(=O)C2(CCCc3ccccc32)Cc2nc(OC[C@@H]3C[C@@H](F)CN3C)nc(N3CCN[C@@H](CC#N)C3)c21. The summed E-state index contributed by atoms with van der Waals surface area (Å²) in [6, 6.07) is 10.8. The zero-order chi connectivity index (χ0) is 27.1. The molecule has 1 aliphatic carbocycles. The fourth-order valence-electron chi connectivity index (χ4n) is 6.97. The topological polar surface area (TPSA) is 97.6 Å². The largest absolute Gasteiger partial charge is 0.462 e. The van der Waals surface area contributed by atoms with Crippen LogP contribution in [0.15, 0.2) is 24.3 Å². The molecule has 4 heterocycles. The van der Waals surface area contributed by atoms with Gasteiger partial charge in [-0.3, -0.25) is 9.69 Å². The van der Waals surface area contributed by atoms with Crippen LogP contribution in [0.5, 0.6) is 6.01 Å². The lowest BCUT2D eigenvalue weighted by molar-refractivity contribution is -0.125. The van der Waals surface area contributed by atoms with E-state index in [4.69, 9.17) is 14.7 Å². The summed E-state index contributed by atoms with van der Waals surface area (Å²) < 4.78 is 20.1. The van der Waals surface area contributed by atoms with Crippen LogP contribution in [-0.2, 0) is 23.1 Å². The van der Waals surface area contributed by atoms with E-state index < -0.39 is 11.6 Å². The number of halogens is 1. The number of likely N-dealkylation sites (N-methyl/N-ethyl adjacent to an activating group) is 2. The standard InChI is InChI=1S/C29H36FN7O2/c1-35-16-20(30)14-22(35)18-39-28-33-24-15-29(10-5-7-19-6-3-4-8-23(19)29)27(38)36(2)25(24)26(34-28)37-13-12-32-21(17-37)9-11-31/h3-4,6,8,20-22,32H,5,7,9-10,12-18H2,1-2H3/t20-,21+,22+,29?/m1/s1. The van der Waals surface area contributed by atoms with Crippen LogP contribution in [0.3, 0.4) is 0 Å². The van der Waals surface area contributed by atoms with Crippen molar-refractivity contribution < 1.29 is 13.9 Å². The maximum absolute atomic E-state index is 14.2. The van der Waals surface area contributed by atoms with Gasteiger partial charge in [-0.15, -0.1) is 0 Å². The van der Waals surface area contributed by atoms with Gasteiger partial charge in [-0.25, -0.2) is 4.39 Å². The molecular formula is C29H36FN7O2. The van der Waals surface area contributed by atoms with E-state index in [9.17, 15) is 14.4 Å². The summed E-state index contributed by atoms with van der Waals surface area (Å²) in [5.41, 5.74) is 3.18. The highest BCUT2D eigenvalue weighted by molar-refractivity contribution is 6.06. The van der Waals surface area contributed by atoms with Gasteiger partial charge in [0.05, 0.1) is 23.6 Å². The number of carbonyl (C=O) groups is 1. The normalized spacial score (nSPS) is 28.8. The number of carbonyl (C=O) groups excluding carboxylic acids is 1. The number of likely N-dealkylation sites (tertiary alicyclic amines) is 1. The van der Waals surface area contributed by atoms with Crippen molar-refractivity contribution in [3.63, 3.8) is 0 Å². The summed E-state index contributed by atoms with van der Waals surface area (Å²) in [4.78, 5) is 29.8. The molecule has 3 aliphatic heterocycles. The van der Waals surface area contributed by atoms with Gasteiger partial charge in [0.1, 0.15) is 18.5 Å². The number of alkyl halides is 1. The van der Waals surface area contributed by atoms with Gasteiger partial charge in [0, 0.05) is 51.7 Å². The minimum Gasteiger partial charge on any atom is -0.462 e. The molecular weight excluding hydrogens is 497 g/mol. The third-order valence-corrected chi connectivity index (χ3v) is 8.95. The van der Waals surface area contributed by atoms with Crippen molar-refractivity contribution >= 4 is 17.4 Å². The Balaban J connectivity index is 1.40. The molecule has 2 aromatic rings. The van der Waals surface area contributed by atoms with Gasteiger partial charge in [0.2, 0.25) is 5.91 Å². The van der Waals surface area contributed by atoms with E-state index in [0.717, 1.165) is 36.2 Å². The van der Waals surface area contributed by atoms with E-state index in [-0.39, 0.29) is 24.0 Å². The molecule has 9 nitrogen and oxygen atoms in total. The fraction of sp³-hybridized carbons (Fsp3) is 0.586. The van der Waals surface area contributed by atoms with Gasteiger partial charge < -0.3 is 19.9 Å². The molecule has 10 heteroatoms. The zero-order valence-electron chi connectivity index (χ0n) is 22.7. The van der Waals surface area contributed by atoms with Gasteiger partial charge in [0.15, 0.2) is 5.82 Å². The molecule has 1 N–H and O–H groups in total. The Hall–Kier alpha value is -3.29. The molecule has 1 unspecified atom stereocenters. The molecule has 1 spiro atoms. The number of amides is 1. The molecule has 0 saturated carbocycles. The number of anilines is 2. The van der Waals surface area contributed by atoms with Gasteiger partial charge in [-0.05, 0) is 43.9 Å². The number of piperazine rings is 1. The molecule has 4 aliphatic rings. The molecule has 1 amide bonds. The smallest absolute Gasteiger partial charge is 0.318 e. The van der Waals surface area contributed by atoms with E-state index in [0.29, 0.717) is 57.9 Å². The van der Waals surface area contributed by atoms with Crippen molar-refractivity contribution in [3.05, 3.63) is 41.1 Å². The lowest BCUT2D eigenvalue weighted by Gasteiger charge is -2.45.